The van der Waals surface area contributed by atoms with Crippen LogP contribution in [0.25, 0.3) is 5.69 Å². The molecule has 3 N–H and O–H groups in total. The van der Waals surface area contributed by atoms with E-state index in [1.54, 1.807) is 35.6 Å². The van der Waals surface area contributed by atoms with E-state index in [1.165, 1.54) is 0 Å². The molecule has 8 heteroatoms. The highest BCUT2D eigenvalue weighted by molar-refractivity contribution is 5.95. The van der Waals surface area contributed by atoms with Gasteiger partial charge in [-0.2, -0.15) is 0 Å². The van der Waals surface area contributed by atoms with Gasteiger partial charge in [0.05, 0.1) is 24.5 Å². The molecule has 0 unspecified atom stereocenters. The molecule has 3 aromatic rings. The first-order chi connectivity index (χ1) is 16.5. The van der Waals surface area contributed by atoms with Gasteiger partial charge in [0.1, 0.15) is 5.69 Å². The first-order valence-corrected chi connectivity index (χ1v) is 11.7. The van der Waals surface area contributed by atoms with Gasteiger partial charge in [0.25, 0.3) is 11.5 Å². The first kappa shape index (κ1) is 23.5. The van der Waals surface area contributed by atoms with Crippen LogP contribution in [0.4, 0.5) is 5.69 Å². The normalized spacial score (nSPS) is 14.6. The number of nitrogens with one attached hydrogen (secondary N) is 3. The number of rotatable bonds is 8. The molecule has 0 radical (unpaired) electrons. The van der Waals surface area contributed by atoms with E-state index in [4.69, 9.17) is 0 Å². The van der Waals surface area contributed by atoms with Gasteiger partial charge in [-0.1, -0.05) is 43.2 Å². The average molecular weight is 462 g/mol. The Morgan fingerprint density at radius 1 is 1.06 bits per heavy atom. The molecule has 0 saturated heterocycles. The lowest BCUT2D eigenvalue weighted by atomic mass is 10.1. The molecule has 0 bridgehead atoms. The van der Waals surface area contributed by atoms with E-state index in [-0.39, 0.29) is 35.6 Å². The monoisotopic (exact) mass is 461 g/mol. The van der Waals surface area contributed by atoms with Crippen LogP contribution in [-0.4, -0.2) is 40.3 Å². The summed E-state index contributed by atoms with van der Waals surface area (Å²) in [5.41, 5.74) is 2.06. The van der Waals surface area contributed by atoms with E-state index in [2.05, 4.69) is 16.0 Å². The summed E-state index contributed by atoms with van der Waals surface area (Å²) in [7, 11) is 1.69. The van der Waals surface area contributed by atoms with Crippen molar-refractivity contribution in [2.75, 3.05) is 12.4 Å². The summed E-state index contributed by atoms with van der Waals surface area (Å²) < 4.78 is 3.29. The summed E-state index contributed by atoms with van der Waals surface area (Å²) in [6.07, 6.45) is 5.97. The number of hydrogen-bond acceptors (Lipinski definition) is 4. The zero-order valence-corrected chi connectivity index (χ0v) is 19.6. The maximum absolute atomic E-state index is 13.3. The van der Waals surface area contributed by atoms with Gasteiger partial charge >= 0.3 is 0 Å². The maximum Gasteiger partial charge on any atom is 0.291 e. The van der Waals surface area contributed by atoms with Crippen LogP contribution in [0.2, 0.25) is 0 Å². The summed E-state index contributed by atoms with van der Waals surface area (Å²) in [5.74, 6) is -0.379. The third-order valence-corrected chi connectivity index (χ3v) is 6.29. The van der Waals surface area contributed by atoms with Gasteiger partial charge < -0.3 is 16.0 Å². The van der Waals surface area contributed by atoms with Crippen molar-refractivity contribution >= 4 is 17.5 Å². The molecule has 1 fully saturated rings. The number of carbonyl (C=O) groups is 2. The number of hydrogen-bond donors (Lipinski definition) is 3. The quantitative estimate of drug-likeness (QED) is 0.481. The number of para-hydroxylation sites is 1. The zero-order chi connectivity index (χ0) is 24.1. The van der Waals surface area contributed by atoms with Gasteiger partial charge in [-0.25, -0.2) is 4.68 Å². The Bertz CT molecular complexity index is 1210. The lowest BCUT2D eigenvalue weighted by Gasteiger charge is -2.14. The molecule has 1 saturated carbocycles. The molecule has 1 aromatic heterocycles. The van der Waals surface area contributed by atoms with Crippen molar-refractivity contribution < 1.29 is 9.59 Å². The number of anilines is 1. The molecular weight excluding hydrogens is 430 g/mol. The van der Waals surface area contributed by atoms with Crippen molar-refractivity contribution in [3.8, 4) is 5.69 Å². The summed E-state index contributed by atoms with van der Waals surface area (Å²) in [6.45, 7) is 1.97. The smallest absolute Gasteiger partial charge is 0.291 e. The number of carbonyl (C=O) groups excluding carboxylic acids is 2. The molecule has 1 atom stereocenters. The minimum atomic E-state index is -0.442. The van der Waals surface area contributed by atoms with E-state index in [9.17, 15) is 14.4 Å². The van der Waals surface area contributed by atoms with Gasteiger partial charge in [0.15, 0.2) is 0 Å². The largest absolute Gasteiger partial charge is 0.349 e. The third-order valence-electron chi connectivity index (χ3n) is 6.29. The second-order valence-corrected chi connectivity index (χ2v) is 8.74. The Labute approximate surface area is 199 Å². The molecule has 1 aliphatic carbocycles. The van der Waals surface area contributed by atoms with Crippen LogP contribution >= 0.6 is 0 Å². The van der Waals surface area contributed by atoms with Crippen LogP contribution in [0.1, 0.15) is 48.5 Å². The maximum atomic E-state index is 13.3. The highest BCUT2D eigenvalue weighted by Crippen LogP contribution is 2.19. The van der Waals surface area contributed by atoms with Crippen molar-refractivity contribution in [3.05, 3.63) is 82.3 Å². The summed E-state index contributed by atoms with van der Waals surface area (Å²) in [4.78, 5) is 38.4. The van der Waals surface area contributed by atoms with E-state index in [1.807, 2.05) is 48.5 Å². The zero-order valence-electron chi connectivity index (χ0n) is 19.6. The molecule has 2 aromatic carbocycles. The minimum Gasteiger partial charge on any atom is -0.349 e. The summed E-state index contributed by atoms with van der Waals surface area (Å²) in [5, 5.41) is 8.71. The number of nitrogens with zero attached hydrogens (tertiary/aromatic N) is 2. The van der Waals surface area contributed by atoms with E-state index >= 15 is 0 Å². The number of aromatic nitrogens is 2. The lowest BCUT2D eigenvalue weighted by molar-refractivity contribution is -0.117. The van der Waals surface area contributed by atoms with Crippen LogP contribution in [0.3, 0.4) is 0 Å². The van der Waals surface area contributed by atoms with Crippen molar-refractivity contribution in [1.82, 2.24) is 20.0 Å². The Kier molecular flexibility index (Phi) is 7.27. The van der Waals surface area contributed by atoms with Crippen molar-refractivity contribution in [1.29, 1.82) is 0 Å². The van der Waals surface area contributed by atoms with Crippen LogP contribution in [0.15, 0.2) is 65.6 Å². The molecule has 1 heterocycles. The predicted molar refractivity (Wildman–Crippen MR) is 132 cm³/mol. The van der Waals surface area contributed by atoms with Gasteiger partial charge in [-0.05, 0) is 56.6 Å². The van der Waals surface area contributed by atoms with Crippen molar-refractivity contribution in [2.45, 2.75) is 51.2 Å². The number of amides is 2. The molecule has 8 nitrogen and oxygen atoms in total. The highest BCUT2D eigenvalue weighted by atomic mass is 16.2. The van der Waals surface area contributed by atoms with Crippen LogP contribution < -0.4 is 21.5 Å². The van der Waals surface area contributed by atoms with Crippen LogP contribution in [0, 0.1) is 0 Å². The molecule has 178 valence electrons. The van der Waals surface area contributed by atoms with Gasteiger partial charge in [0, 0.05) is 11.6 Å². The van der Waals surface area contributed by atoms with Crippen LogP contribution in [0.5, 0.6) is 0 Å². The fourth-order valence-electron chi connectivity index (χ4n) is 4.21. The lowest BCUT2D eigenvalue weighted by Crippen LogP contribution is -2.36. The molecule has 2 amide bonds. The SMILES string of the molecule is CN[C@@H](C)C(=O)Nc1cn(-c2ccccc2)n(Cc2cccc(C(=O)NC3CCCC3)c2)c1=O. The Morgan fingerprint density at radius 3 is 2.50 bits per heavy atom. The first-order valence-electron chi connectivity index (χ1n) is 11.7. The highest BCUT2D eigenvalue weighted by Gasteiger charge is 2.20. The average Bonchev–Trinajstić information content (AvgIpc) is 3.48. The summed E-state index contributed by atoms with van der Waals surface area (Å²) in [6, 6.07) is 16.6. The molecule has 0 spiro atoms. The summed E-state index contributed by atoms with van der Waals surface area (Å²) >= 11 is 0. The fourth-order valence-corrected chi connectivity index (χ4v) is 4.21. The Morgan fingerprint density at radius 2 is 1.79 bits per heavy atom. The van der Waals surface area contributed by atoms with E-state index in [0.717, 1.165) is 36.9 Å². The molecule has 0 aliphatic heterocycles. The number of benzene rings is 2. The second kappa shape index (κ2) is 10.5. The van der Waals surface area contributed by atoms with Crippen LogP contribution in [-0.2, 0) is 11.3 Å². The number of likely N-dealkylation sites (N-methyl/N-ethyl adjacent to an activating group) is 1. The van der Waals surface area contributed by atoms with Crippen molar-refractivity contribution in [2.24, 2.45) is 0 Å². The second-order valence-electron chi connectivity index (χ2n) is 8.74. The molecular formula is C26H31N5O3. The van der Waals surface area contributed by atoms with Gasteiger partial charge in [-0.3, -0.25) is 19.1 Å². The predicted octanol–water partition coefficient (Wildman–Crippen LogP) is 2.91. The topological polar surface area (TPSA) is 97.2 Å². The minimum absolute atomic E-state index is 0.0893. The van der Waals surface area contributed by atoms with E-state index in [0.29, 0.717) is 5.56 Å². The van der Waals surface area contributed by atoms with Crippen molar-refractivity contribution in [3.63, 3.8) is 0 Å². The Balaban J connectivity index is 1.63. The van der Waals surface area contributed by atoms with E-state index < -0.39 is 6.04 Å². The van der Waals surface area contributed by atoms with Gasteiger partial charge in [-0.15, -0.1) is 0 Å². The molecule has 1 aliphatic rings. The third kappa shape index (κ3) is 5.28. The Hall–Kier alpha value is -3.65. The fraction of sp³-hybridized carbons (Fsp3) is 0.346. The van der Waals surface area contributed by atoms with Gasteiger partial charge in [0.2, 0.25) is 5.91 Å². The standard InChI is InChI=1S/C26H31N5O3/c1-18(27-2)24(32)29-23-17-30(22-13-4-3-5-14-22)31(26(23)34)16-19-9-8-10-20(15-19)25(33)28-21-11-6-7-12-21/h3-5,8-10,13-15,17-18,21,27H,6-7,11-12,16H2,1-2H3,(H,28,33)(H,29,32)/t18-/m0/s1. The molecule has 4 rings (SSSR count). The molecule has 34 heavy (non-hydrogen) atoms.